The summed E-state index contributed by atoms with van der Waals surface area (Å²) in [7, 11) is 1.14. The first-order chi connectivity index (χ1) is 5.41. The molecule has 1 heterocycles. The minimum Gasteiger partial charge on any atom is -0.110 e. The molecule has 1 fully saturated rings. The summed E-state index contributed by atoms with van der Waals surface area (Å²) in [6, 6.07) is 0. The summed E-state index contributed by atoms with van der Waals surface area (Å²) in [6.45, 7) is 9.77. The molecule has 1 aliphatic heterocycles. The molecule has 1 rings (SSSR count). The maximum Gasteiger partial charge on any atom is -0.0174 e. The Morgan fingerprint density at radius 3 is 1.58 bits per heavy atom. The van der Waals surface area contributed by atoms with Gasteiger partial charge in [0, 0.05) is 0 Å². The highest BCUT2D eigenvalue weighted by Gasteiger charge is 2.29. The first kappa shape index (κ1) is 10.5. The van der Waals surface area contributed by atoms with E-state index in [1.54, 1.807) is 0 Å². The van der Waals surface area contributed by atoms with Gasteiger partial charge in [-0.3, -0.25) is 0 Å². The molecule has 1 saturated heterocycles. The standard InChI is InChI=1S/C11H23P/c1-10(2)8-6-5-7-9-11(3,4)12-10/h12H,5-9H2,1-4H3. The van der Waals surface area contributed by atoms with Gasteiger partial charge in [-0.15, -0.1) is 8.58 Å². The quantitative estimate of drug-likeness (QED) is 0.498. The van der Waals surface area contributed by atoms with Crippen LogP contribution in [-0.2, 0) is 0 Å². The summed E-state index contributed by atoms with van der Waals surface area (Å²) in [5, 5.41) is 1.23. The van der Waals surface area contributed by atoms with Crippen LogP contribution in [0.1, 0.15) is 59.8 Å². The van der Waals surface area contributed by atoms with Crippen molar-refractivity contribution in [2.45, 2.75) is 70.1 Å². The predicted octanol–water partition coefficient (Wildman–Crippen LogP) is 4.19. The van der Waals surface area contributed by atoms with E-state index in [9.17, 15) is 0 Å². The maximum atomic E-state index is 2.44. The highest BCUT2D eigenvalue weighted by molar-refractivity contribution is 7.41. The van der Waals surface area contributed by atoms with Gasteiger partial charge in [0.05, 0.1) is 0 Å². The van der Waals surface area contributed by atoms with Crippen LogP contribution in [0.5, 0.6) is 0 Å². The summed E-state index contributed by atoms with van der Waals surface area (Å²) in [5.41, 5.74) is 0. The molecule has 0 saturated carbocycles. The Morgan fingerprint density at radius 1 is 0.750 bits per heavy atom. The Labute approximate surface area is 79.3 Å². The van der Waals surface area contributed by atoms with Crippen LogP contribution in [0, 0.1) is 0 Å². The van der Waals surface area contributed by atoms with Crippen molar-refractivity contribution >= 4 is 8.58 Å². The Kier molecular flexibility index (Phi) is 3.21. The van der Waals surface area contributed by atoms with Crippen molar-refractivity contribution in [3.63, 3.8) is 0 Å². The van der Waals surface area contributed by atoms with Crippen molar-refractivity contribution in [3.8, 4) is 0 Å². The molecular formula is C11H23P. The van der Waals surface area contributed by atoms with E-state index in [4.69, 9.17) is 0 Å². The summed E-state index contributed by atoms with van der Waals surface area (Å²) in [4.78, 5) is 0. The van der Waals surface area contributed by atoms with Crippen LogP contribution in [0.2, 0.25) is 0 Å². The van der Waals surface area contributed by atoms with Gasteiger partial charge in [-0.2, -0.15) is 0 Å². The van der Waals surface area contributed by atoms with E-state index in [-0.39, 0.29) is 0 Å². The molecule has 0 nitrogen and oxygen atoms in total. The summed E-state index contributed by atoms with van der Waals surface area (Å²) < 4.78 is 0. The van der Waals surface area contributed by atoms with Crippen molar-refractivity contribution in [3.05, 3.63) is 0 Å². The second-order valence-electron chi connectivity index (χ2n) is 5.45. The van der Waals surface area contributed by atoms with Gasteiger partial charge in [0.25, 0.3) is 0 Å². The van der Waals surface area contributed by atoms with E-state index in [1.807, 2.05) is 0 Å². The third-order valence-electron chi connectivity index (χ3n) is 2.78. The molecule has 0 bridgehead atoms. The van der Waals surface area contributed by atoms with E-state index in [1.165, 1.54) is 32.1 Å². The van der Waals surface area contributed by atoms with E-state index in [0.29, 0.717) is 10.3 Å². The molecule has 12 heavy (non-hydrogen) atoms. The van der Waals surface area contributed by atoms with Crippen molar-refractivity contribution in [2.24, 2.45) is 0 Å². The summed E-state index contributed by atoms with van der Waals surface area (Å²) in [6.07, 6.45) is 7.24. The molecule has 0 amide bonds. The Bertz CT molecular complexity index is 131. The zero-order valence-corrected chi connectivity index (χ0v) is 10.0. The van der Waals surface area contributed by atoms with E-state index in [0.717, 1.165) is 8.58 Å². The molecule has 0 spiro atoms. The van der Waals surface area contributed by atoms with Crippen molar-refractivity contribution in [1.29, 1.82) is 0 Å². The topological polar surface area (TPSA) is 0 Å². The van der Waals surface area contributed by atoms with Crippen LogP contribution in [0.4, 0.5) is 0 Å². The first-order valence-corrected chi connectivity index (χ1v) is 6.21. The van der Waals surface area contributed by atoms with Crippen molar-refractivity contribution in [1.82, 2.24) is 0 Å². The van der Waals surface area contributed by atoms with Gasteiger partial charge in [0.2, 0.25) is 0 Å². The lowest BCUT2D eigenvalue weighted by Crippen LogP contribution is -2.25. The average Bonchev–Trinajstić information content (AvgIpc) is 1.80. The zero-order chi connectivity index (χ0) is 9.24. The van der Waals surface area contributed by atoms with E-state index >= 15 is 0 Å². The van der Waals surface area contributed by atoms with Gasteiger partial charge in [-0.25, -0.2) is 0 Å². The van der Waals surface area contributed by atoms with Crippen LogP contribution in [0.25, 0.3) is 0 Å². The Morgan fingerprint density at radius 2 is 1.17 bits per heavy atom. The fourth-order valence-corrected chi connectivity index (χ4v) is 4.79. The van der Waals surface area contributed by atoms with E-state index in [2.05, 4.69) is 27.7 Å². The highest BCUT2D eigenvalue weighted by atomic mass is 31.1. The fourth-order valence-electron chi connectivity index (χ4n) is 2.35. The molecule has 0 aromatic heterocycles. The second kappa shape index (κ2) is 3.66. The maximum absolute atomic E-state index is 2.44. The number of hydrogen-bond acceptors (Lipinski definition) is 0. The number of hydrogen-bond donors (Lipinski definition) is 0. The molecule has 0 radical (unpaired) electrons. The fraction of sp³-hybridized carbons (Fsp3) is 1.00. The van der Waals surface area contributed by atoms with Gasteiger partial charge in [-0.1, -0.05) is 47.0 Å². The summed E-state index contributed by atoms with van der Waals surface area (Å²) >= 11 is 0. The Hall–Kier alpha value is 0.430. The van der Waals surface area contributed by atoms with Gasteiger partial charge < -0.3 is 0 Å². The van der Waals surface area contributed by atoms with Gasteiger partial charge in [-0.05, 0) is 23.2 Å². The van der Waals surface area contributed by atoms with Crippen LogP contribution < -0.4 is 0 Å². The van der Waals surface area contributed by atoms with Crippen LogP contribution >= 0.6 is 8.58 Å². The Balaban J connectivity index is 2.58. The third-order valence-corrected chi connectivity index (χ3v) is 4.63. The van der Waals surface area contributed by atoms with Crippen LogP contribution in [0.3, 0.4) is 0 Å². The molecular weight excluding hydrogens is 163 g/mol. The molecule has 0 aliphatic carbocycles. The van der Waals surface area contributed by atoms with Crippen molar-refractivity contribution in [2.75, 3.05) is 0 Å². The molecule has 0 N–H and O–H groups in total. The highest BCUT2D eigenvalue weighted by Crippen LogP contribution is 2.49. The lowest BCUT2D eigenvalue weighted by atomic mass is 9.99. The molecule has 72 valence electrons. The minimum absolute atomic E-state index is 0.615. The first-order valence-electron chi connectivity index (χ1n) is 5.21. The van der Waals surface area contributed by atoms with Crippen LogP contribution in [-0.4, -0.2) is 10.3 Å². The van der Waals surface area contributed by atoms with Crippen LogP contribution in [0.15, 0.2) is 0 Å². The lowest BCUT2D eigenvalue weighted by molar-refractivity contribution is 0.483. The van der Waals surface area contributed by atoms with Gasteiger partial charge >= 0.3 is 0 Å². The summed E-state index contributed by atoms with van der Waals surface area (Å²) in [5.74, 6) is 0. The normalized spacial score (nSPS) is 29.0. The monoisotopic (exact) mass is 186 g/mol. The molecule has 0 aromatic rings. The largest absolute Gasteiger partial charge is 0.110 e. The second-order valence-corrected chi connectivity index (χ2v) is 8.41. The third kappa shape index (κ3) is 3.44. The molecule has 0 atom stereocenters. The van der Waals surface area contributed by atoms with E-state index < -0.39 is 0 Å². The minimum atomic E-state index is 0.615. The zero-order valence-electron chi connectivity index (χ0n) is 9.04. The molecule has 0 aromatic carbocycles. The average molecular weight is 186 g/mol. The lowest BCUT2D eigenvalue weighted by Gasteiger charge is -2.37. The SMILES string of the molecule is CC1(C)CCCCCC(C)(C)P1. The van der Waals surface area contributed by atoms with Gasteiger partial charge in [0.15, 0.2) is 0 Å². The van der Waals surface area contributed by atoms with Gasteiger partial charge in [0.1, 0.15) is 0 Å². The predicted molar refractivity (Wildman–Crippen MR) is 59.6 cm³/mol. The molecule has 0 unspecified atom stereocenters. The van der Waals surface area contributed by atoms with Crippen molar-refractivity contribution < 1.29 is 0 Å². The molecule has 1 aliphatic rings. The molecule has 1 heteroatoms. The number of rotatable bonds is 0. The smallest absolute Gasteiger partial charge is 0.0174 e.